The van der Waals surface area contributed by atoms with E-state index < -0.39 is 0 Å². The summed E-state index contributed by atoms with van der Waals surface area (Å²) in [6, 6.07) is 13.0. The van der Waals surface area contributed by atoms with Crippen LogP contribution in [0.5, 0.6) is 0 Å². The number of aromatic nitrogens is 1. The highest BCUT2D eigenvalue weighted by Gasteiger charge is 2.12. The lowest BCUT2D eigenvalue weighted by Gasteiger charge is -2.10. The zero-order valence-corrected chi connectivity index (χ0v) is 14.1. The molecule has 0 N–H and O–H groups in total. The Labute approximate surface area is 136 Å². The normalized spacial score (nSPS) is 11.4. The van der Waals surface area contributed by atoms with Crippen LogP contribution in [-0.4, -0.2) is 30.5 Å². The molecule has 114 valence electrons. The Balaban J connectivity index is 1.86. The largest absolute Gasteiger partial charge is 0.309 e. The molecule has 2 nitrogen and oxygen atoms in total. The minimum atomic E-state index is 1.08. The molecule has 0 saturated heterocycles. The van der Waals surface area contributed by atoms with Gasteiger partial charge in [0.05, 0.1) is 0 Å². The fourth-order valence-corrected chi connectivity index (χ4v) is 4.01. The minimum Gasteiger partial charge on any atom is -0.309 e. The highest BCUT2D eigenvalue weighted by molar-refractivity contribution is 7.19. The molecule has 0 aliphatic rings. The second-order valence-corrected chi connectivity index (χ2v) is 7.05. The van der Waals surface area contributed by atoms with Crippen molar-refractivity contribution in [1.29, 1.82) is 0 Å². The molecular weight excluding hydrogens is 288 g/mol. The molecule has 3 rings (SSSR count). The Morgan fingerprint density at radius 3 is 2.50 bits per heavy atom. The number of nitrogens with zero attached hydrogens (tertiary/aromatic N) is 2. The van der Waals surface area contributed by atoms with Crippen molar-refractivity contribution in [2.45, 2.75) is 19.3 Å². The Morgan fingerprint density at radius 1 is 0.955 bits per heavy atom. The molecular formula is C19H22N2S. The number of hydrogen-bond donors (Lipinski definition) is 0. The average molecular weight is 310 g/mol. The fourth-order valence-electron chi connectivity index (χ4n) is 2.77. The van der Waals surface area contributed by atoms with Gasteiger partial charge >= 0.3 is 0 Å². The molecule has 1 aromatic carbocycles. The van der Waals surface area contributed by atoms with Gasteiger partial charge in [0, 0.05) is 28.5 Å². The van der Waals surface area contributed by atoms with Gasteiger partial charge in [-0.15, -0.1) is 11.3 Å². The first-order valence-corrected chi connectivity index (χ1v) is 8.58. The monoisotopic (exact) mass is 310 g/mol. The molecule has 3 heteroatoms. The summed E-state index contributed by atoms with van der Waals surface area (Å²) in [5.41, 5.74) is 2.91. The van der Waals surface area contributed by atoms with Crippen molar-refractivity contribution in [2.24, 2.45) is 0 Å². The van der Waals surface area contributed by atoms with Crippen molar-refractivity contribution in [2.75, 3.05) is 20.6 Å². The van der Waals surface area contributed by atoms with E-state index in [1.54, 1.807) is 10.4 Å². The van der Waals surface area contributed by atoms with Crippen molar-refractivity contribution >= 4 is 21.4 Å². The summed E-state index contributed by atoms with van der Waals surface area (Å²) >= 11 is 1.96. The minimum absolute atomic E-state index is 1.08. The first-order chi connectivity index (χ1) is 10.7. The van der Waals surface area contributed by atoms with Crippen molar-refractivity contribution in [3.05, 3.63) is 64.8 Å². The molecule has 0 aliphatic heterocycles. The number of likely N-dealkylation sites (N-methyl/N-ethyl adjacent to an activating group) is 1. The van der Waals surface area contributed by atoms with E-state index in [-0.39, 0.29) is 0 Å². The van der Waals surface area contributed by atoms with Crippen molar-refractivity contribution in [3.8, 4) is 0 Å². The van der Waals surface area contributed by atoms with Crippen LogP contribution in [0.3, 0.4) is 0 Å². The molecule has 0 spiro atoms. The van der Waals surface area contributed by atoms with E-state index in [2.05, 4.69) is 60.4 Å². The van der Waals surface area contributed by atoms with E-state index in [0.717, 1.165) is 25.8 Å². The van der Waals surface area contributed by atoms with Crippen LogP contribution in [0.4, 0.5) is 0 Å². The molecule has 0 atom stereocenters. The zero-order valence-electron chi connectivity index (χ0n) is 13.2. The zero-order chi connectivity index (χ0) is 15.4. The van der Waals surface area contributed by atoms with Gasteiger partial charge in [-0.25, -0.2) is 0 Å². The van der Waals surface area contributed by atoms with E-state index in [9.17, 15) is 0 Å². The van der Waals surface area contributed by atoms with E-state index >= 15 is 0 Å². The number of fused-ring (bicyclic) bond motifs is 1. The second kappa shape index (κ2) is 7.03. The third-order valence-corrected chi connectivity index (χ3v) is 5.25. The maximum absolute atomic E-state index is 4.10. The molecule has 0 radical (unpaired) electrons. The summed E-state index contributed by atoms with van der Waals surface area (Å²) in [6.07, 6.45) is 7.09. The highest BCUT2D eigenvalue weighted by atomic mass is 32.1. The van der Waals surface area contributed by atoms with Crippen LogP contribution in [0.2, 0.25) is 0 Å². The van der Waals surface area contributed by atoms with Gasteiger partial charge < -0.3 is 4.90 Å². The third kappa shape index (κ3) is 3.54. The van der Waals surface area contributed by atoms with Crippen LogP contribution < -0.4 is 0 Å². The van der Waals surface area contributed by atoms with Gasteiger partial charge in [0.25, 0.3) is 0 Å². The molecule has 22 heavy (non-hydrogen) atoms. The van der Waals surface area contributed by atoms with Gasteiger partial charge in [0.15, 0.2) is 0 Å². The van der Waals surface area contributed by atoms with Gasteiger partial charge in [-0.1, -0.05) is 18.2 Å². The molecule has 0 fully saturated rings. The number of thiophene rings is 1. The van der Waals surface area contributed by atoms with Crippen molar-refractivity contribution in [1.82, 2.24) is 9.88 Å². The van der Waals surface area contributed by atoms with Gasteiger partial charge in [-0.2, -0.15) is 0 Å². The number of hydrogen-bond acceptors (Lipinski definition) is 3. The first kappa shape index (κ1) is 15.2. The maximum atomic E-state index is 4.10. The van der Waals surface area contributed by atoms with Gasteiger partial charge in [-0.3, -0.25) is 4.98 Å². The Hall–Kier alpha value is -1.71. The molecule has 2 aromatic heterocycles. The van der Waals surface area contributed by atoms with Crippen molar-refractivity contribution in [3.63, 3.8) is 0 Å². The fraction of sp³-hybridized carbons (Fsp3) is 0.316. The smallest absolute Gasteiger partial charge is 0.0348 e. The summed E-state index contributed by atoms with van der Waals surface area (Å²) in [7, 11) is 4.29. The number of pyridine rings is 1. The van der Waals surface area contributed by atoms with E-state index in [1.807, 2.05) is 23.7 Å². The molecule has 0 aliphatic carbocycles. The average Bonchev–Trinajstić information content (AvgIpc) is 2.89. The van der Waals surface area contributed by atoms with Crippen LogP contribution in [0.15, 0.2) is 48.8 Å². The summed E-state index contributed by atoms with van der Waals surface area (Å²) < 4.78 is 1.42. The Morgan fingerprint density at radius 2 is 1.73 bits per heavy atom. The summed E-state index contributed by atoms with van der Waals surface area (Å²) in [5, 5.41) is 1.44. The quantitative estimate of drug-likeness (QED) is 0.679. The maximum Gasteiger partial charge on any atom is 0.0348 e. The SMILES string of the molecule is CN(C)CCc1sc2ccccc2c1CCc1ccncc1. The third-order valence-electron chi connectivity index (χ3n) is 3.98. The van der Waals surface area contributed by atoms with Crippen LogP contribution in [0, 0.1) is 0 Å². The number of rotatable bonds is 6. The Kier molecular flexibility index (Phi) is 4.86. The molecule has 3 aromatic rings. The predicted molar refractivity (Wildman–Crippen MR) is 95.7 cm³/mol. The lowest BCUT2D eigenvalue weighted by atomic mass is 10.0. The predicted octanol–water partition coefficient (Wildman–Crippen LogP) is 4.19. The summed E-state index contributed by atoms with van der Waals surface area (Å²) in [6.45, 7) is 1.11. The van der Waals surface area contributed by atoms with Gasteiger partial charge in [-0.05, 0) is 68.1 Å². The van der Waals surface area contributed by atoms with Gasteiger partial charge in [0.2, 0.25) is 0 Å². The van der Waals surface area contributed by atoms with Crippen LogP contribution in [0.25, 0.3) is 10.1 Å². The summed E-state index contributed by atoms with van der Waals surface area (Å²) in [5.74, 6) is 0. The van der Waals surface area contributed by atoms with Crippen LogP contribution in [-0.2, 0) is 19.3 Å². The number of aryl methyl sites for hydroxylation is 2. The standard InChI is InChI=1S/C19H22N2S/c1-21(2)14-11-19-17(8-7-15-9-12-20-13-10-15)16-5-3-4-6-18(16)22-19/h3-6,9-10,12-13H,7-8,11,14H2,1-2H3. The first-order valence-electron chi connectivity index (χ1n) is 7.77. The van der Waals surface area contributed by atoms with E-state index in [1.165, 1.54) is 15.6 Å². The highest BCUT2D eigenvalue weighted by Crippen LogP contribution is 2.32. The van der Waals surface area contributed by atoms with Crippen molar-refractivity contribution < 1.29 is 0 Å². The molecule has 0 amide bonds. The van der Waals surface area contributed by atoms with Gasteiger partial charge in [0.1, 0.15) is 0 Å². The number of benzene rings is 1. The van der Waals surface area contributed by atoms with Crippen LogP contribution >= 0.6 is 11.3 Å². The summed E-state index contributed by atoms with van der Waals surface area (Å²) in [4.78, 5) is 7.91. The molecule has 2 heterocycles. The molecule has 0 bridgehead atoms. The molecule has 0 saturated carbocycles. The van der Waals surface area contributed by atoms with E-state index in [4.69, 9.17) is 0 Å². The van der Waals surface area contributed by atoms with Crippen LogP contribution in [0.1, 0.15) is 16.0 Å². The van der Waals surface area contributed by atoms with E-state index in [0.29, 0.717) is 0 Å². The lowest BCUT2D eigenvalue weighted by Crippen LogP contribution is -2.15. The second-order valence-electron chi connectivity index (χ2n) is 5.91. The molecule has 0 unspecified atom stereocenters. The Bertz CT molecular complexity index is 732. The lowest BCUT2D eigenvalue weighted by molar-refractivity contribution is 0.414. The topological polar surface area (TPSA) is 16.1 Å².